The average Bonchev–Trinajstić information content (AvgIpc) is 2.84. The molecule has 110 valence electrons. The quantitative estimate of drug-likeness (QED) is 0.866. The van der Waals surface area contributed by atoms with E-state index in [0.717, 1.165) is 25.1 Å². The first-order chi connectivity index (χ1) is 9.15. The SMILES string of the molecule is Cl.NC1CCCC2CN(C(=O)c3ccc(Cl)cc3)CC12. The third-order valence-corrected chi connectivity index (χ3v) is 4.78. The van der Waals surface area contributed by atoms with Gasteiger partial charge < -0.3 is 10.6 Å². The van der Waals surface area contributed by atoms with E-state index in [9.17, 15) is 4.79 Å². The molecule has 2 aliphatic rings. The van der Waals surface area contributed by atoms with Crippen molar-refractivity contribution in [3.05, 3.63) is 34.9 Å². The van der Waals surface area contributed by atoms with Crippen LogP contribution < -0.4 is 5.73 Å². The summed E-state index contributed by atoms with van der Waals surface area (Å²) in [6, 6.07) is 7.40. The molecule has 20 heavy (non-hydrogen) atoms. The van der Waals surface area contributed by atoms with Crippen LogP contribution in [0.2, 0.25) is 5.02 Å². The van der Waals surface area contributed by atoms with Gasteiger partial charge in [0.25, 0.3) is 5.91 Å². The van der Waals surface area contributed by atoms with Gasteiger partial charge in [0.15, 0.2) is 0 Å². The van der Waals surface area contributed by atoms with Gasteiger partial charge in [-0.1, -0.05) is 18.0 Å². The van der Waals surface area contributed by atoms with Crippen LogP contribution in [0.1, 0.15) is 29.6 Å². The number of likely N-dealkylation sites (tertiary alicyclic amines) is 1. The Morgan fingerprint density at radius 1 is 1.20 bits per heavy atom. The number of carbonyl (C=O) groups excluding carboxylic acids is 1. The topological polar surface area (TPSA) is 46.3 Å². The van der Waals surface area contributed by atoms with E-state index in [1.807, 2.05) is 4.90 Å². The Balaban J connectivity index is 0.00000147. The molecule has 3 rings (SSSR count). The van der Waals surface area contributed by atoms with E-state index in [-0.39, 0.29) is 24.4 Å². The van der Waals surface area contributed by atoms with Gasteiger partial charge in [-0.05, 0) is 48.9 Å². The van der Waals surface area contributed by atoms with Gasteiger partial charge in [-0.25, -0.2) is 0 Å². The minimum atomic E-state index is 0. The summed E-state index contributed by atoms with van der Waals surface area (Å²) < 4.78 is 0. The first-order valence-electron chi connectivity index (χ1n) is 6.95. The van der Waals surface area contributed by atoms with Crippen LogP contribution in [0, 0.1) is 11.8 Å². The second kappa shape index (κ2) is 6.33. The Labute approximate surface area is 130 Å². The van der Waals surface area contributed by atoms with Crippen LogP contribution >= 0.6 is 24.0 Å². The summed E-state index contributed by atoms with van der Waals surface area (Å²) in [6.07, 6.45) is 3.51. The molecule has 1 aromatic rings. The van der Waals surface area contributed by atoms with Crippen molar-refractivity contribution in [1.82, 2.24) is 4.90 Å². The zero-order chi connectivity index (χ0) is 13.4. The molecule has 0 bridgehead atoms. The molecule has 5 heteroatoms. The molecule has 0 radical (unpaired) electrons. The largest absolute Gasteiger partial charge is 0.338 e. The minimum Gasteiger partial charge on any atom is -0.338 e. The van der Waals surface area contributed by atoms with Crippen molar-refractivity contribution in [3.63, 3.8) is 0 Å². The Morgan fingerprint density at radius 3 is 2.55 bits per heavy atom. The smallest absolute Gasteiger partial charge is 0.253 e. The maximum absolute atomic E-state index is 12.5. The molecule has 1 aliphatic carbocycles. The fourth-order valence-electron chi connectivity index (χ4n) is 3.46. The van der Waals surface area contributed by atoms with Gasteiger partial charge >= 0.3 is 0 Å². The molecule has 0 spiro atoms. The number of nitrogens with two attached hydrogens (primary N) is 1. The molecular weight excluding hydrogens is 295 g/mol. The Morgan fingerprint density at radius 2 is 1.90 bits per heavy atom. The number of hydrogen-bond acceptors (Lipinski definition) is 2. The zero-order valence-electron chi connectivity index (χ0n) is 11.3. The lowest BCUT2D eigenvalue weighted by atomic mass is 9.78. The maximum Gasteiger partial charge on any atom is 0.253 e. The molecule has 3 nitrogen and oxygen atoms in total. The predicted octanol–water partition coefficient (Wildman–Crippen LogP) is 2.96. The van der Waals surface area contributed by atoms with Gasteiger partial charge in [-0.2, -0.15) is 0 Å². The number of carbonyl (C=O) groups is 1. The lowest BCUT2D eigenvalue weighted by molar-refractivity contribution is 0.0783. The Hall–Kier alpha value is -0.770. The highest BCUT2D eigenvalue weighted by atomic mass is 35.5. The lowest BCUT2D eigenvalue weighted by Crippen LogP contribution is -2.38. The van der Waals surface area contributed by atoms with Gasteiger partial charge in [-0.15, -0.1) is 12.4 Å². The van der Waals surface area contributed by atoms with E-state index >= 15 is 0 Å². The van der Waals surface area contributed by atoms with Crippen molar-refractivity contribution in [2.45, 2.75) is 25.3 Å². The molecule has 3 atom stereocenters. The molecule has 1 heterocycles. The highest BCUT2D eigenvalue weighted by Crippen LogP contribution is 2.36. The van der Waals surface area contributed by atoms with Crippen molar-refractivity contribution in [2.24, 2.45) is 17.6 Å². The van der Waals surface area contributed by atoms with E-state index in [2.05, 4.69) is 0 Å². The van der Waals surface area contributed by atoms with Crippen LogP contribution in [0.15, 0.2) is 24.3 Å². The number of nitrogens with zero attached hydrogens (tertiary/aromatic N) is 1. The van der Waals surface area contributed by atoms with E-state index in [1.165, 1.54) is 12.8 Å². The van der Waals surface area contributed by atoms with E-state index in [4.69, 9.17) is 17.3 Å². The first kappa shape index (κ1) is 15.6. The average molecular weight is 315 g/mol. The van der Waals surface area contributed by atoms with E-state index in [1.54, 1.807) is 24.3 Å². The number of benzene rings is 1. The van der Waals surface area contributed by atoms with Crippen LogP contribution in [-0.2, 0) is 0 Å². The number of hydrogen-bond donors (Lipinski definition) is 1. The molecule has 1 amide bonds. The minimum absolute atomic E-state index is 0. The van der Waals surface area contributed by atoms with Crippen molar-refractivity contribution in [2.75, 3.05) is 13.1 Å². The fourth-order valence-corrected chi connectivity index (χ4v) is 3.58. The van der Waals surface area contributed by atoms with E-state index in [0.29, 0.717) is 16.9 Å². The summed E-state index contributed by atoms with van der Waals surface area (Å²) in [5.74, 6) is 1.20. The molecule has 1 saturated carbocycles. The molecule has 2 fully saturated rings. The fraction of sp³-hybridized carbons (Fsp3) is 0.533. The summed E-state index contributed by atoms with van der Waals surface area (Å²) in [5, 5.41) is 0.661. The highest BCUT2D eigenvalue weighted by Gasteiger charge is 2.40. The molecule has 2 N–H and O–H groups in total. The molecule has 3 unspecified atom stereocenters. The monoisotopic (exact) mass is 314 g/mol. The molecular formula is C15H20Cl2N2O. The van der Waals surface area contributed by atoms with Gasteiger partial charge in [0.2, 0.25) is 0 Å². The summed E-state index contributed by atoms with van der Waals surface area (Å²) in [4.78, 5) is 14.4. The summed E-state index contributed by atoms with van der Waals surface area (Å²) in [6.45, 7) is 1.67. The van der Waals surface area contributed by atoms with Crippen molar-refractivity contribution >= 4 is 29.9 Å². The standard InChI is InChI=1S/C15H19ClN2O.ClH/c16-12-6-4-10(5-7-12)15(19)18-8-11-2-1-3-14(17)13(11)9-18;/h4-7,11,13-14H,1-3,8-9,17H2;1H. The van der Waals surface area contributed by atoms with Crippen LogP contribution in [0.3, 0.4) is 0 Å². The van der Waals surface area contributed by atoms with Crippen LogP contribution in [0.4, 0.5) is 0 Å². The molecule has 0 aromatic heterocycles. The maximum atomic E-state index is 12.5. The second-order valence-corrected chi connectivity index (χ2v) is 6.17. The molecule has 1 saturated heterocycles. The number of halogens is 2. The van der Waals surface area contributed by atoms with E-state index < -0.39 is 0 Å². The van der Waals surface area contributed by atoms with Crippen molar-refractivity contribution in [3.8, 4) is 0 Å². The predicted molar refractivity (Wildman–Crippen MR) is 83.4 cm³/mol. The lowest BCUT2D eigenvalue weighted by Gasteiger charge is -2.29. The van der Waals surface area contributed by atoms with Crippen LogP contribution in [-0.4, -0.2) is 29.9 Å². The van der Waals surface area contributed by atoms with Crippen LogP contribution in [0.25, 0.3) is 0 Å². The number of rotatable bonds is 1. The number of amides is 1. The van der Waals surface area contributed by atoms with Crippen molar-refractivity contribution < 1.29 is 4.79 Å². The first-order valence-corrected chi connectivity index (χ1v) is 7.33. The molecule has 1 aromatic carbocycles. The van der Waals surface area contributed by atoms with Gasteiger partial charge in [0.1, 0.15) is 0 Å². The van der Waals surface area contributed by atoms with Crippen molar-refractivity contribution in [1.29, 1.82) is 0 Å². The Bertz CT molecular complexity index is 477. The molecule has 1 aliphatic heterocycles. The third-order valence-electron chi connectivity index (χ3n) is 4.53. The van der Waals surface area contributed by atoms with Gasteiger partial charge in [0, 0.05) is 29.7 Å². The summed E-state index contributed by atoms with van der Waals surface area (Å²) in [5.41, 5.74) is 6.90. The van der Waals surface area contributed by atoms with Gasteiger partial charge in [0.05, 0.1) is 0 Å². The Kier molecular flexibility index (Phi) is 4.95. The number of fused-ring (bicyclic) bond motifs is 1. The summed E-state index contributed by atoms with van der Waals surface area (Å²) in [7, 11) is 0. The van der Waals surface area contributed by atoms with Crippen LogP contribution in [0.5, 0.6) is 0 Å². The normalized spacial score (nSPS) is 28.7. The highest BCUT2D eigenvalue weighted by molar-refractivity contribution is 6.30. The third kappa shape index (κ3) is 2.95. The zero-order valence-corrected chi connectivity index (χ0v) is 12.9. The summed E-state index contributed by atoms with van der Waals surface area (Å²) >= 11 is 5.85. The van der Waals surface area contributed by atoms with Gasteiger partial charge in [-0.3, -0.25) is 4.79 Å². The second-order valence-electron chi connectivity index (χ2n) is 5.74.